The van der Waals surface area contributed by atoms with Crippen LogP contribution in [0.2, 0.25) is 0 Å². The number of ether oxygens (including phenoxy) is 1. The first-order valence-electron chi connectivity index (χ1n) is 5.60. The van der Waals surface area contributed by atoms with Crippen LogP contribution in [0.5, 0.6) is 11.5 Å². The van der Waals surface area contributed by atoms with Crippen LogP contribution >= 0.6 is 15.9 Å². The van der Waals surface area contributed by atoms with E-state index < -0.39 is 5.82 Å². The number of benzene rings is 1. The molecule has 0 aromatic heterocycles. The van der Waals surface area contributed by atoms with Crippen LogP contribution in [0.4, 0.5) is 4.39 Å². The molecule has 1 saturated heterocycles. The minimum Gasteiger partial charge on any atom is -0.504 e. The number of hydrogen-bond acceptors (Lipinski definition) is 3. The molecule has 0 radical (unpaired) electrons. The predicted molar refractivity (Wildman–Crippen MR) is 67.0 cm³/mol. The molecule has 1 aromatic rings. The van der Waals surface area contributed by atoms with Crippen molar-refractivity contribution >= 4 is 15.9 Å². The van der Waals surface area contributed by atoms with Gasteiger partial charge in [0.05, 0.1) is 11.6 Å². The SMILES string of the molecule is COc1cc(F)c(Br)c(CC2CCCN2)c1O. The molecule has 1 aliphatic heterocycles. The van der Waals surface area contributed by atoms with Crippen LogP contribution in [0.25, 0.3) is 0 Å². The van der Waals surface area contributed by atoms with Gasteiger partial charge in [0.15, 0.2) is 11.5 Å². The lowest BCUT2D eigenvalue weighted by Gasteiger charge is -2.15. The Bertz CT molecular complexity index is 419. The van der Waals surface area contributed by atoms with E-state index in [9.17, 15) is 9.50 Å². The summed E-state index contributed by atoms with van der Waals surface area (Å²) < 4.78 is 18.9. The van der Waals surface area contributed by atoms with Gasteiger partial charge in [0.1, 0.15) is 5.82 Å². The summed E-state index contributed by atoms with van der Waals surface area (Å²) in [5.74, 6) is -0.208. The first-order valence-corrected chi connectivity index (χ1v) is 6.40. The number of halogens is 2. The molecule has 0 saturated carbocycles. The van der Waals surface area contributed by atoms with Crippen LogP contribution in [0.1, 0.15) is 18.4 Å². The van der Waals surface area contributed by atoms with Crippen molar-refractivity contribution in [1.29, 1.82) is 0 Å². The fourth-order valence-corrected chi connectivity index (χ4v) is 2.63. The van der Waals surface area contributed by atoms with Crippen LogP contribution in [0.3, 0.4) is 0 Å². The molecular formula is C12H15BrFNO2. The van der Waals surface area contributed by atoms with Crippen molar-refractivity contribution in [2.24, 2.45) is 0 Å². The van der Waals surface area contributed by atoms with E-state index >= 15 is 0 Å². The van der Waals surface area contributed by atoms with Gasteiger partial charge in [-0.1, -0.05) is 0 Å². The maximum absolute atomic E-state index is 13.6. The van der Waals surface area contributed by atoms with E-state index in [0.29, 0.717) is 22.5 Å². The smallest absolute Gasteiger partial charge is 0.163 e. The van der Waals surface area contributed by atoms with Crippen LogP contribution in [-0.2, 0) is 6.42 Å². The van der Waals surface area contributed by atoms with Crippen molar-refractivity contribution < 1.29 is 14.2 Å². The second kappa shape index (κ2) is 5.23. The quantitative estimate of drug-likeness (QED) is 0.902. The summed E-state index contributed by atoms with van der Waals surface area (Å²) in [6.07, 6.45) is 2.76. The maximum atomic E-state index is 13.6. The Labute approximate surface area is 108 Å². The average molecular weight is 304 g/mol. The monoisotopic (exact) mass is 303 g/mol. The van der Waals surface area contributed by atoms with Crippen LogP contribution in [-0.4, -0.2) is 24.8 Å². The van der Waals surface area contributed by atoms with Crippen molar-refractivity contribution in [3.63, 3.8) is 0 Å². The summed E-state index contributed by atoms with van der Waals surface area (Å²) in [5.41, 5.74) is 0.571. The van der Waals surface area contributed by atoms with Gasteiger partial charge in [-0.05, 0) is 41.7 Å². The van der Waals surface area contributed by atoms with Gasteiger partial charge in [0, 0.05) is 17.7 Å². The molecule has 17 heavy (non-hydrogen) atoms. The van der Waals surface area contributed by atoms with Crippen LogP contribution in [0.15, 0.2) is 10.5 Å². The molecule has 94 valence electrons. The molecule has 2 N–H and O–H groups in total. The topological polar surface area (TPSA) is 41.5 Å². The third-order valence-electron chi connectivity index (χ3n) is 3.08. The summed E-state index contributed by atoms with van der Waals surface area (Å²) in [5, 5.41) is 13.3. The highest BCUT2D eigenvalue weighted by Gasteiger charge is 2.22. The highest BCUT2D eigenvalue weighted by Crippen LogP contribution is 2.38. The van der Waals surface area contributed by atoms with Crippen LogP contribution < -0.4 is 10.1 Å². The van der Waals surface area contributed by atoms with E-state index in [2.05, 4.69) is 21.2 Å². The van der Waals surface area contributed by atoms with Gasteiger partial charge in [-0.25, -0.2) is 4.39 Å². The lowest BCUT2D eigenvalue weighted by atomic mass is 10.0. The molecule has 0 aliphatic carbocycles. The molecule has 0 amide bonds. The molecule has 1 aromatic carbocycles. The number of hydrogen-bond donors (Lipinski definition) is 2. The van der Waals surface area contributed by atoms with E-state index in [0.717, 1.165) is 19.4 Å². The summed E-state index contributed by atoms with van der Waals surface area (Å²) in [6, 6.07) is 1.48. The van der Waals surface area contributed by atoms with Crippen molar-refractivity contribution in [2.75, 3.05) is 13.7 Å². The van der Waals surface area contributed by atoms with Crippen LogP contribution in [0, 0.1) is 5.82 Å². The van der Waals surface area contributed by atoms with E-state index in [4.69, 9.17) is 4.74 Å². The van der Waals surface area contributed by atoms with E-state index in [1.165, 1.54) is 13.2 Å². The highest BCUT2D eigenvalue weighted by molar-refractivity contribution is 9.10. The fourth-order valence-electron chi connectivity index (χ4n) is 2.16. The largest absolute Gasteiger partial charge is 0.504 e. The molecule has 3 nitrogen and oxygen atoms in total. The van der Waals surface area contributed by atoms with Gasteiger partial charge < -0.3 is 15.2 Å². The maximum Gasteiger partial charge on any atom is 0.163 e. The molecule has 1 aliphatic rings. The first kappa shape index (κ1) is 12.6. The fraction of sp³-hybridized carbons (Fsp3) is 0.500. The summed E-state index contributed by atoms with van der Waals surface area (Å²) in [4.78, 5) is 0. The number of aromatic hydroxyl groups is 1. The normalized spacial score (nSPS) is 19.6. The zero-order valence-corrected chi connectivity index (χ0v) is 11.2. The minimum absolute atomic E-state index is 0.0227. The molecule has 1 unspecified atom stereocenters. The zero-order valence-electron chi connectivity index (χ0n) is 9.59. The Balaban J connectivity index is 2.33. The Morgan fingerprint density at radius 3 is 3.00 bits per heavy atom. The molecular weight excluding hydrogens is 289 g/mol. The predicted octanol–water partition coefficient (Wildman–Crippen LogP) is 2.60. The second-order valence-corrected chi connectivity index (χ2v) is 4.99. The molecule has 2 rings (SSSR count). The van der Waals surface area contributed by atoms with Crippen molar-refractivity contribution in [3.8, 4) is 11.5 Å². The van der Waals surface area contributed by atoms with E-state index in [-0.39, 0.29) is 11.5 Å². The number of phenols is 1. The third-order valence-corrected chi connectivity index (χ3v) is 3.94. The lowest BCUT2D eigenvalue weighted by Crippen LogP contribution is -2.24. The van der Waals surface area contributed by atoms with Crippen molar-refractivity contribution in [3.05, 3.63) is 21.9 Å². The number of phenolic OH excluding ortho intramolecular Hbond substituents is 1. The van der Waals surface area contributed by atoms with Gasteiger partial charge in [0.2, 0.25) is 0 Å². The molecule has 1 fully saturated rings. The molecule has 5 heteroatoms. The highest BCUT2D eigenvalue weighted by atomic mass is 79.9. The van der Waals surface area contributed by atoms with Crippen molar-refractivity contribution in [1.82, 2.24) is 5.32 Å². The molecule has 1 atom stereocenters. The minimum atomic E-state index is -0.410. The Hall–Kier alpha value is -0.810. The van der Waals surface area contributed by atoms with Gasteiger partial charge in [0.25, 0.3) is 0 Å². The second-order valence-electron chi connectivity index (χ2n) is 4.20. The summed E-state index contributed by atoms with van der Waals surface area (Å²) >= 11 is 3.18. The summed E-state index contributed by atoms with van der Waals surface area (Å²) in [7, 11) is 1.42. The molecule has 1 heterocycles. The average Bonchev–Trinajstić information content (AvgIpc) is 2.82. The summed E-state index contributed by atoms with van der Waals surface area (Å²) in [6.45, 7) is 0.982. The van der Waals surface area contributed by atoms with Gasteiger partial charge >= 0.3 is 0 Å². The van der Waals surface area contributed by atoms with Gasteiger partial charge in [-0.2, -0.15) is 0 Å². The standard InChI is InChI=1S/C12H15BrFNO2/c1-17-10-6-9(14)11(13)8(12(10)16)5-7-3-2-4-15-7/h6-7,15-16H,2-5H2,1H3. The van der Waals surface area contributed by atoms with E-state index in [1.54, 1.807) is 0 Å². The number of methoxy groups -OCH3 is 1. The van der Waals surface area contributed by atoms with E-state index in [1.807, 2.05) is 0 Å². The molecule has 0 bridgehead atoms. The number of rotatable bonds is 3. The number of nitrogens with one attached hydrogen (secondary N) is 1. The Morgan fingerprint density at radius 1 is 1.65 bits per heavy atom. The Kier molecular flexibility index (Phi) is 3.89. The third kappa shape index (κ3) is 2.55. The van der Waals surface area contributed by atoms with Gasteiger partial charge in [-0.15, -0.1) is 0 Å². The molecule has 0 spiro atoms. The van der Waals surface area contributed by atoms with Crippen molar-refractivity contribution in [2.45, 2.75) is 25.3 Å². The van der Waals surface area contributed by atoms with Gasteiger partial charge in [-0.3, -0.25) is 0 Å². The Morgan fingerprint density at radius 2 is 2.41 bits per heavy atom. The lowest BCUT2D eigenvalue weighted by molar-refractivity contribution is 0.365. The first-order chi connectivity index (χ1) is 8.13. The zero-order chi connectivity index (χ0) is 12.4.